The molecule has 3 rings (SSSR count). The normalized spacial score (nSPS) is 30.5. The Kier molecular flexibility index (Phi) is 3.61. The van der Waals surface area contributed by atoms with Gasteiger partial charge in [-0.25, -0.2) is 0 Å². The lowest BCUT2D eigenvalue weighted by molar-refractivity contribution is 0.349. The Morgan fingerprint density at radius 3 is 2.71 bits per heavy atom. The highest BCUT2D eigenvalue weighted by molar-refractivity contribution is 8.14. The molecule has 2 saturated heterocycles. The maximum absolute atomic E-state index is 4.73. The number of likely N-dealkylation sites (tertiary alicyclic amines) is 1. The first-order valence-electron chi connectivity index (χ1n) is 7.04. The summed E-state index contributed by atoms with van der Waals surface area (Å²) in [6.45, 7) is 4.70. The van der Waals surface area contributed by atoms with E-state index >= 15 is 0 Å². The van der Waals surface area contributed by atoms with Gasteiger partial charge in [0.1, 0.15) is 0 Å². The van der Waals surface area contributed by atoms with Crippen molar-refractivity contribution in [2.75, 3.05) is 31.9 Å². The van der Waals surface area contributed by atoms with Gasteiger partial charge in [-0.05, 0) is 38.8 Å². The molecule has 2 aliphatic heterocycles. The first-order valence-corrected chi connectivity index (χ1v) is 8.03. The minimum Gasteiger partial charge on any atom is -0.359 e. The second-order valence-electron chi connectivity index (χ2n) is 5.64. The van der Waals surface area contributed by atoms with Gasteiger partial charge in [-0.15, -0.1) is 0 Å². The van der Waals surface area contributed by atoms with Gasteiger partial charge in [-0.2, -0.15) is 0 Å². The van der Waals surface area contributed by atoms with Crippen molar-refractivity contribution in [2.45, 2.75) is 44.1 Å². The zero-order valence-corrected chi connectivity index (χ0v) is 11.4. The third kappa shape index (κ3) is 2.79. The molecule has 1 spiro atoms. The van der Waals surface area contributed by atoms with Gasteiger partial charge in [-0.1, -0.05) is 24.6 Å². The molecule has 0 aromatic heterocycles. The Morgan fingerprint density at radius 2 is 1.94 bits per heavy atom. The number of amidine groups is 1. The average molecular weight is 253 g/mol. The van der Waals surface area contributed by atoms with E-state index in [1.165, 1.54) is 62.5 Å². The maximum atomic E-state index is 4.73. The fraction of sp³-hybridized carbons (Fsp3) is 0.923. The number of nitrogens with one attached hydrogen (secondary N) is 1. The van der Waals surface area contributed by atoms with Gasteiger partial charge in [0.05, 0.1) is 6.54 Å². The van der Waals surface area contributed by atoms with E-state index < -0.39 is 0 Å². The molecule has 0 amide bonds. The highest BCUT2D eigenvalue weighted by Gasteiger charge is 2.39. The van der Waals surface area contributed by atoms with Crippen LogP contribution in [0.25, 0.3) is 0 Å². The van der Waals surface area contributed by atoms with Gasteiger partial charge in [-0.3, -0.25) is 4.99 Å². The summed E-state index contributed by atoms with van der Waals surface area (Å²) in [5.41, 5.74) is 0.428. The molecule has 2 heterocycles. The van der Waals surface area contributed by atoms with Crippen LogP contribution < -0.4 is 5.32 Å². The van der Waals surface area contributed by atoms with Gasteiger partial charge in [0.15, 0.2) is 5.17 Å². The van der Waals surface area contributed by atoms with Crippen LogP contribution in [0.2, 0.25) is 0 Å². The van der Waals surface area contributed by atoms with Crippen molar-refractivity contribution < 1.29 is 0 Å². The number of nitrogens with zero attached hydrogens (tertiary/aromatic N) is 2. The summed E-state index contributed by atoms with van der Waals surface area (Å²) >= 11 is 1.94. The second-order valence-corrected chi connectivity index (χ2v) is 6.60. The summed E-state index contributed by atoms with van der Waals surface area (Å²) < 4.78 is 0. The number of hydrogen-bond donors (Lipinski definition) is 1. The minimum absolute atomic E-state index is 0.428. The van der Waals surface area contributed by atoms with Crippen LogP contribution in [-0.4, -0.2) is 47.5 Å². The standard InChI is InChI=1S/C13H23N3S/c1-2-6-13(5-1)11-17-12(15-13)14-7-10-16-8-3-4-9-16/h1-11H2,(H,14,15). The van der Waals surface area contributed by atoms with Crippen LogP contribution in [-0.2, 0) is 0 Å². The zero-order valence-electron chi connectivity index (χ0n) is 10.6. The molecule has 96 valence electrons. The Balaban J connectivity index is 1.45. The van der Waals surface area contributed by atoms with E-state index in [1.807, 2.05) is 11.8 Å². The molecule has 0 unspecified atom stereocenters. The molecule has 0 radical (unpaired) electrons. The summed E-state index contributed by atoms with van der Waals surface area (Å²) in [4.78, 5) is 7.27. The first kappa shape index (κ1) is 11.8. The van der Waals surface area contributed by atoms with E-state index in [2.05, 4.69) is 10.2 Å². The quantitative estimate of drug-likeness (QED) is 0.834. The largest absolute Gasteiger partial charge is 0.359 e. The lowest BCUT2D eigenvalue weighted by atomic mass is 10.0. The van der Waals surface area contributed by atoms with Gasteiger partial charge in [0.2, 0.25) is 0 Å². The third-order valence-electron chi connectivity index (χ3n) is 4.29. The Morgan fingerprint density at radius 1 is 1.18 bits per heavy atom. The molecule has 4 heteroatoms. The fourth-order valence-electron chi connectivity index (χ4n) is 3.21. The molecule has 0 aromatic rings. The van der Waals surface area contributed by atoms with E-state index in [0.29, 0.717) is 5.54 Å². The zero-order chi connectivity index (χ0) is 11.6. The van der Waals surface area contributed by atoms with Crippen molar-refractivity contribution in [2.24, 2.45) is 4.99 Å². The average Bonchev–Trinajstić information content (AvgIpc) is 3.04. The van der Waals surface area contributed by atoms with Gasteiger partial charge in [0.25, 0.3) is 0 Å². The third-order valence-corrected chi connectivity index (χ3v) is 5.49. The van der Waals surface area contributed by atoms with E-state index in [0.717, 1.165) is 13.1 Å². The van der Waals surface area contributed by atoms with Gasteiger partial charge < -0.3 is 10.2 Å². The highest BCUT2D eigenvalue weighted by atomic mass is 32.2. The fourth-order valence-corrected chi connectivity index (χ4v) is 4.46. The molecule has 3 nitrogen and oxygen atoms in total. The summed E-state index contributed by atoms with van der Waals surface area (Å²) in [6, 6.07) is 0. The van der Waals surface area contributed by atoms with E-state index in [1.54, 1.807) is 0 Å². The monoisotopic (exact) mass is 253 g/mol. The van der Waals surface area contributed by atoms with E-state index in [9.17, 15) is 0 Å². The van der Waals surface area contributed by atoms with Crippen molar-refractivity contribution in [3.63, 3.8) is 0 Å². The number of rotatable bonds is 3. The summed E-state index contributed by atoms with van der Waals surface area (Å²) in [6.07, 6.45) is 8.26. The number of thioether (sulfide) groups is 1. The Bertz CT molecular complexity index is 291. The molecule has 1 aliphatic carbocycles. The van der Waals surface area contributed by atoms with Crippen LogP contribution in [0.15, 0.2) is 4.99 Å². The van der Waals surface area contributed by atoms with Crippen LogP contribution >= 0.6 is 11.8 Å². The van der Waals surface area contributed by atoms with Crippen molar-refractivity contribution >= 4 is 16.9 Å². The molecule has 17 heavy (non-hydrogen) atoms. The number of hydrogen-bond acceptors (Lipinski definition) is 3. The smallest absolute Gasteiger partial charge is 0.157 e. The molecule has 1 saturated carbocycles. The minimum atomic E-state index is 0.428. The van der Waals surface area contributed by atoms with Crippen LogP contribution in [0, 0.1) is 0 Å². The molecule has 0 atom stereocenters. The van der Waals surface area contributed by atoms with Crippen LogP contribution in [0.5, 0.6) is 0 Å². The van der Waals surface area contributed by atoms with Gasteiger partial charge in [0, 0.05) is 17.8 Å². The molecule has 0 aromatic carbocycles. The van der Waals surface area contributed by atoms with Crippen molar-refractivity contribution in [3.8, 4) is 0 Å². The van der Waals surface area contributed by atoms with Gasteiger partial charge >= 0.3 is 0 Å². The molecule has 0 bridgehead atoms. The van der Waals surface area contributed by atoms with E-state index in [-0.39, 0.29) is 0 Å². The Hall–Kier alpha value is -0.220. The summed E-state index contributed by atoms with van der Waals surface area (Å²) in [7, 11) is 0. The van der Waals surface area contributed by atoms with Crippen molar-refractivity contribution in [1.29, 1.82) is 0 Å². The SMILES string of the molecule is C1CCN(CCN=C2NC3(CCCC3)CS2)C1. The van der Waals surface area contributed by atoms with Crippen LogP contribution in [0.3, 0.4) is 0 Å². The maximum Gasteiger partial charge on any atom is 0.157 e. The molecular formula is C13H23N3S. The molecule has 1 N–H and O–H groups in total. The molecule has 3 aliphatic rings. The molecule has 3 fully saturated rings. The van der Waals surface area contributed by atoms with Crippen LogP contribution in [0.1, 0.15) is 38.5 Å². The predicted octanol–water partition coefficient (Wildman–Crippen LogP) is 2.09. The molecular weight excluding hydrogens is 230 g/mol. The van der Waals surface area contributed by atoms with E-state index in [4.69, 9.17) is 4.99 Å². The first-order chi connectivity index (χ1) is 8.36. The Labute approximate surface area is 108 Å². The summed E-state index contributed by atoms with van der Waals surface area (Å²) in [5, 5.41) is 4.90. The predicted molar refractivity (Wildman–Crippen MR) is 74.8 cm³/mol. The second kappa shape index (κ2) is 5.19. The van der Waals surface area contributed by atoms with Crippen molar-refractivity contribution in [1.82, 2.24) is 10.2 Å². The van der Waals surface area contributed by atoms with Crippen LogP contribution in [0.4, 0.5) is 0 Å². The lowest BCUT2D eigenvalue weighted by Gasteiger charge is -2.21. The highest BCUT2D eigenvalue weighted by Crippen LogP contribution is 2.37. The van der Waals surface area contributed by atoms with Crippen molar-refractivity contribution in [3.05, 3.63) is 0 Å². The lowest BCUT2D eigenvalue weighted by Crippen LogP contribution is -2.40. The number of aliphatic imine (C=N–C) groups is 1. The summed E-state index contributed by atoms with van der Waals surface area (Å²) in [5.74, 6) is 1.25. The topological polar surface area (TPSA) is 27.6 Å².